The minimum Gasteiger partial charge on any atom is -0.474 e. The van der Waals surface area contributed by atoms with Crippen LogP contribution in [-0.4, -0.2) is 16.1 Å². The molecule has 0 aliphatic carbocycles. The van der Waals surface area contributed by atoms with Crippen LogP contribution in [0.1, 0.15) is 22.0 Å². The van der Waals surface area contributed by atoms with Gasteiger partial charge in [0.05, 0.1) is 0 Å². The average Bonchev–Trinajstić information content (AvgIpc) is 2.61. The Morgan fingerprint density at radius 3 is 2.56 bits per heavy atom. The van der Waals surface area contributed by atoms with Crippen LogP contribution in [0.25, 0.3) is 11.3 Å². The average molecular weight is 217 g/mol. The van der Waals surface area contributed by atoms with E-state index in [-0.39, 0.29) is 5.89 Å². The van der Waals surface area contributed by atoms with Gasteiger partial charge in [-0.15, -0.1) is 0 Å². The standard InChI is InChI=1S/C12H11NO3/c1-7-5-3-4-6-9(7)10-8(2)16-11(13-10)12(14)15/h3-6H,1-2H3,(H,14,15). The Morgan fingerprint density at radius 2 is 2.00 bits per heavy atom. The number of hydrogen-bond donors (Lipinski definition) is 1. The summed E-state index contributed by atoms with van der Waals surface area (Å²) in [5, 5.41) is 8.78. The molecule has 0 aliphatic heterocycles. The summed E-state index contributed by atoms with van der Waals surface area (Å²) in [6.07, 6.45) is 0. The van der Waals surface area contributed by atoms with Crippen LogP contribution in [0.5, 0.6) is 0 Å². The molecule has 0 amide bonds. The van der Waals surface area contributed by atoms with Crippen molar-refractivity contribution in [2.45, 2.75) is 13.8 Å². The highest BCUT2D eigenvalue weighted by Gasteiger charge is 2.17. The second kappa shape index (κ2) is 3.81. The van der Waals surface area contributed by atoms with E-state index in [1.165, 1.54) is 0 Å². The first-order chi connectivity index (χ1) is 7.59. The van der Waals surface area contributed by atoms with E-state index in [9.17, 15) is 4.79 Å². The Hall–Kier alpha value is -2.10. The molecule has 2 aromatic rings. The van der Waals surface area contributed by atoms with Crippen molar-refractivity contribution in [1.29, 1.82) is 0 Å². The quantitative estimate of drug-likeness (QED) is 0.839. The molecule has 1 heterocycles. The third kappa shape index (κ3) is 1.69. The summed E-state index contributed by atoms with van der Waals surface area (Å²) in [5.41, 5.74) is 2.53. The van der Waals surface area contributed by atoms with E-state index < -0.39 is 5.97 Å². The molecule has 1 aromatic heterocycles. The predicted molar refractivity (Wildman–Crippen MR) is 58.4 cm³/mol. The van der Waals surface area contributed by atoms with Crippen molar-refractivity contribution in [3.63, 3.8) is 0 Å². The summed E-state index contributed by atoms with van der Waals surface area (Å²) in [6, 6.07) is 7.65. The van der Waals surface area contributed by atoms with Crippen LogP contribution in [-0.2, 0) is 0 Å². The molecular formula is C12H11NO3. The van der Waals surface area contributed by atoms with Gasteiger partial charge in [-0.1, -0.05) is 24.3 Å². The zero-order valence-electron chi connectivity index (χ0n) is 9.02. The maximum Gasteiger partial charge on any atom is 0.392 e. The first-order valence-electron chi connectivity index (χ1n) is 4.86. The van der Waals surface area contributed by atoms with Crippen LogP contribution in [0.2, 0.25) is 0 Å². The van der Waals surface area contributed by atoms with Crippen LogP contribution in [0.3, 0.4) is 0 Å². The van der Waals surface area contributed by atoms with Gasteiger partial charge < -0.3 is 9.52 Å². The van der Waals surface area contributed by atoms with Crippen molar-refractivity contribution in [1.82, 2.24) is 4.98 Å². The Kier molecular flexibility index (Phi) is 2.48. The van der Waals surface area contributed by atoms with E-state index in [1.807, 2.05) is 31.2 Å². The molecule has 0 bridgehead atoms. The molecule has 4 nitrogen and oxygen atoms in total. The minimum absolute atomic E-state index is 0.268. The van der Waals surface area contributed by atoms with Gasteiger partial charge in [-0.25, -0.2) is 9.78 Å². The number of rotatable bonds is 2. The molecule has 0 fully saturated rings. The lowest BCUT2D eigenvalue weighted by Gasteiger charge is -2.01. The Morgan fingerprint density at radius 1 is 1.31 bits per heavy atom. The molecule has 4 heteroatoms. The molecule has 0 spiro atoms. The molecule has 0 radical (unpaired) electrons. The van der Waals surface area contributed by atoms with Crippen molar-refractivity contribution in [2.75, 3.05) is 0 Å². The van der Waals surface area contributed by atoms with Crippen molar-refractivity contribution in [3.8, 4) is 11.3 Å². The van der Waals surface area contributed by atoms with Gasteiger partial charge in [-0.2, -0.15) is 0 Å². The number of oxazole rings is 1. The fraction of sp³-hybridized carbons (Fsp3) is 0.167. The van der Waals surface area contributed by atoms with Crippen molar-refractivity contribution < 1.29 is 14.3 Å². The van der Waals surface area contributed by atoms with Crippen molar-refractivity contribution >= 4 is 5.97 Å². The van der Waals surface area contributed by atoms with Crippen LogP contribution < -0.4 is 0 Å². The highest BCUT2D eigenvalue weighted by molar-refractivity contribution is 5.83. The molecule has 1 N–H and O–H groups in total. The molecular weight excluding hydrogens is 206 g/mol. The van der Waals surface area contributed by atoms with E-state index in [0.29, 0.717) is 11.5 Å². The fourth-order valence-corrected chi connectivity index (χ4v) is 1.58. The summed E-state index contributed by atoms with van der Waals surface area (Å²) in [5.74, 6) is -0.898. The molecule has 2 rings (SSSR count). The molecule has 0 unspecified atom stereocenters. The normalized spacial score (nSPS) is 10.4. The molecule has 1 aromatic carbocycles. The second-order valence-corrected chi connectivity index (χ2v) is 3.54. The van der Waals surface area contributed by atoms with E-state index in [4.69, 9.17) is 9.52 Å². The second-order valence-electron chi connectivity index (χ2n) is 3.54. The van der Waals surface area contributed by atoms with E-state index in [0.717, 1.165) is 11.1 Å². The van der Waals surface area contributed by atoms with Crippen molar-refractivity contribution in [2.24, 2.45) is 0 Å². The number of hydrogen-bond acceptors (Lipinski definition) is 3. The van der Waals surface area contributed by atoms with Gasteiger partial charge in [-0.3, -0.25) is 0 Å². The first-order valence-corrected chi connectivity index (χ1v) is 4.86. The summed E-state index contributed by atoms with van der Waals surface area (Å²) in [6.45, 7) is 3.66. The van der Waals surface area contributed by atoms with Gasteiger partial charge in [0, 0.05) is 5.56 Å². The number of nitrogens with zero attached hydrogens (tertiary/aromatic N) is 1. The smallest absolute Gasteiger partial charge is 0.392 e. The Balaban J connectivity index is 2.57. The fourth-order valence-electron chi connectivity index (χ4n) is 1.58. The number of benzene rings is 1. The highest BCUT2D eigenvalue weighted by atomic mass is 16.4. The highest BCUT2D eigenvalue weighted by Crippen LogP contribution is 2.26. The summed E-state index contributed by atoms with van der Waals surface area (Å²) < 4.78 is 5.07. The zero-order chi connectivity index (χ0) is 11.7. The molecule has 0 aliphatic rings. The maximum atomic E-state index is 10.7. The lowest BCUT2D eigenvalue weighted by atomic mass is 10.1. The van der Waals surface area contributed by atoms with Gasteiger partial charge in [0.25, 0.3) is 0 Å². The van der Waals surface area contributed by atoms with Gasteiger partial charge in [0.15, 0.2) is 0 Å². The van der Waals surface area contributed by atoms with Crippen LogP contribution >= 0.6 is 0 Å². The minimum atomic E-state index is -1.15. The number of aromatic carboxylic acids is 1. The number of carboxylic acid groups (broad SMARTS) is 1. The SMILES string of the molecule is Cc1ccccc1-c1nc(C(=O)O)oc1C. The third-order valence-electron chi connectivity index (χ3n) is 2.38. The van der Waals surface area contributed by atoms with Crippen LogP contribution in [0, 0.1) is 13.8 Å². The molecule has 82 valence electrons. The van der Waals surface area contributed by atoms with E-state index >= 15 is 0 Å². The molecule has 16 heavy (non-hydrogen) atoms. The monoisotopic (exact) mass is 217 g/mol. The van der Waals surface area contributed by atoms with Gasteiger partial charge in [0.2, 0.25) is 0 Å². The number of aryl methyl sites for hydroxylation is 2. The molecule has 0 atom stereocenters. The number of carbonyl (C=O) groups is 1. The van der Waals surface area contributed by atoms with Gasteiger partial charge in [-0.05, 0) is 19.4 Å². The first kappa shape index (κ1) is 10.4. The third-order valence-corrected chi connectivity index (χ3v) is 2.38. The van der Waals surface area contributed by atoms with Crippen LogP contribution in [0.4, 0.5) is 0 Å². The lowest BCUT2D eigenvalue weighted by Crippen LogP contribution is -1.95. The number of carboxylic acids is 1. The topological polar surface area (TPSA) is 63.3 Å². The van der Waals surface area contributed by atoms with Gasteiger partial charge >= 0.3 is 11.9 Å². The van der Waals surface area contributed by atoms with Crippen molar-refractivity contribution in [3.05, 3.63) is 41.5 Å². The summed E-state index contributed by atoms with van der Waals surface area (Å²) in [7, 11) is 0. The van der Waals surface area contributed by atoms with E-state index in [2.05, 4.69) is 4.98 Å². The lowest BCUT2D eigenvalue weighted by molar-refractivity contribution is 0.0652. The summed E-state index contributed by atoms with van der Waals surface area (Å²) in [4.78, 5) is 14.7. The maximum absolute atomic E-state index is 10.7. The number of aromatic nitrogens is 1. The predicted octanol–water partition coefficient (Wildman–Crippen LogP) is 2.66. The Bertz CT molecular complexity index is 543. The molecule has 0 saturated heterocycles. The summed E-state index contributed by atoms with van der Waals surface area (Å²) >= 11 is 0. The Labute approximate surface area is 92.6 Å². The largest absolute Gasteiger partial charge is 0.474 e. The molecule has 0 saturated carbocycles. The van der Waals surface area contributed by atoms with E-state index in [1.54, 1.807) is 6.92 Å². The van der Waals surface area contributed by atoms with Gasteiger partial charge in [0.1, 0.15) is 11.5 Å². The van der Waals surface area contributed by atoms with Crippen LogP contribution in [0.15, 0.2) is 28.7 Å². The zero-order valence-corrected chi connectivity index (χ0v) is 9.02.